The van der Waals surface area contributed by atoms with Crippen LogP contribution < -0.4 is 0 Å². The highest BCUT2D eigenvalue weighted by Gasteiger charge is 2.55. The van der Waals surface area contributed by atoms with Gasteiger partial charge < -0.3 is 10.0 Å². The quantitative estimate of drug-likeness (QED) is 0.810. The normalized spacial score (nSPS) is 32.8. The zero-order chi connectivity index (χ0) is 13.6. The van der Waals surface area contributed by atoms with E-state index < -0.39 is 6.10 Å². The van der Waals surface area contributed by atoms with Crippen molar-refractivity contribution >= 4 is 29.4 Å². The fourth-order valence-corrected chi connectivity index (χ4v) is 6.51. The summed E-state index contributed by atoms with van der Waals surface area (Å²) in [6, 6.07) is 0. The zero-order valence-corrected chi connectivity index (χ0v) is 13.1. The third-order valence-electron chi connectivity index (χ3n) is 4.38. The molecule has 1 saturated heterocycles. The van der Waals surface area contributed by atoms with Crippen LogP contribution in [0.4, 0.5) is 0 Å². The molecular weight excluding hydrogens is 278 g/mol. The van der Waals surface area contributed by atoms with E-state index in [4.69, 9.17) is 0 Å². The number of hydrogen-bond donors (Lipinski definition) is 1. The molecule has 5 heteroatoms. The second-order valence-electron chi connectivity index (χ2n) is 5.62. The molecular formula is C14H21NO2S2. The van der Waals surface area contributed by atoms with E-state index in [2.05, 4.69) is 6.92 Å². The number of carbonyl (C=O) groups is 1. The standard InChI is InChI=1S/C14H21NO2S2/c1-3-10(16)11-12(17)15-8(2)14(19-13(11)15)18-9-6-4-5-7-9/h9-11,13,16H,3-7H2,1-2H3/t10-,11+,13+/m0/s1. The second kappa shape index (κ2) is 5.34. The summed E-state index contributed by atoms with van der Waals surface area (Å²) in [4.78, 5) is 14.0. The fourth-order valence-electron chi connectivity index (χ4n) is 3.14. The number of amides is 1. The van der Waals surface area contributed by atoms with Crippen molar-refractivity contribution in [3.63, 3.8) is 0 Å². The predicted molar refractivity (Wildman–Crippen MR) is 80.6 cm³/mol. The average Bonchev–Trinajstić information content (AvgIpc) is 2.97. The van der Waals surface area contributed by atoms with Crippen LogP contribution in [0.3, 0.4) is 0 Å². The fraction of sp³-hybridized carbons (Fsp3) is 0.786. The highest BCUT2D eigenvalue weighted by atomic mass is 32.2. The number of aliphatic hydroxyl groups is 1. The van der Waals surface area contributed by atoms with Crippen molar-refractivity contribution in [2.24, 2.45) is 5.92 Å². The maximum absolute atomic E-state index is 12.1. The lowest BCUT2D eigenvalue weighted by atomic mass is 9.90. The van der Waals surface area contributed by atoms with Crippen molar-refractivity contribution in [2.75, 3.05) is 0 Å². The number of aliphatic hydroxyl groups excluding tert-OH is 1. The van der Waals surface area contributed by atoms with Crippen LogP contribution in [-0.2, 0) is 4.79 Å². The SMILES string of the molecule is CC[C@H](O)[C@@H]1C(=O)N2C(C)=C(SC3CCCC3)S[C@H]12. The number of nitrogens with zero attached hydrogens (tertiary/aromatic N) is 1. The molecule has 19 heavy (non-hydrogen) atoms. The molecule has 1 amide bonds. The van der Waals surface area contributed by atoms with E-state index in [1.54, 1.807) is 11.8 Å². The molecule has 3 rings (SSSR count). The molecule has 3 atom stereocenters. The molecule has 0 aromatic rings. The maximum atomic E-state index is 12.1. The van der Waals surface area contributed by atoms with Crippen LogP contribution in [0, 0.1) is 5.92 Å². The van der Waals surface area contributed by atoms with Crippen LogP contribution in [0.25, 0.3) is 0 Å². The Morgan fingerprint density at radius 2 is 2.16 bits per heavy atom. The Morgan fingerprint density at radius 1 is 1.47 bits per heavy atom. The number of rotatable bonds is 4. The van der Waals surface area contributed by atoms with E-state index in [-0.39, 0.29) is 17.2 Å². The first-order valence-corrected chi connectivity index (χ1v) is 8.94. The van der Waals surface area contributed by atoms with E-state index >= 15 is 0 Å². The van der Waals surface area contributed by atoms with Gasteiger partial charge in [0.15, 0.2) is 0 Å². The lowest BCUT2D eigenvalue weighted by Gasteiger charge is -2.44. The lowest BCUT2D eigenvalue weighted by Crippen LogP contribution is -2.60. The van der Waals surface area contributed by atoms with Crippen LogP contribution in [0.15, 0.2) is 9.93 Å². The Labute approximate surface area is 123 Å². The molecule has 0 aromatic heterocycles. The summed E-state index contributed by atoms with van der Waals surface area (Å²) in [5.41, 5.74) is 1.12. The van der Waals surface area contributed by atoms with Gasteiger partial charge in [-0.15, -0.1) is 11.8 Å². The van der Waals surface area contributed by atoms with E-state index in [1.807, 2.05) is 23.6 Å². The van der Waals surface area contributed by atoms with Crippen LogP contribution >= 0.6 is 23.5 Å². The van der Waals surface area contributed by atoms with E-state index in [0.717, 1.165) is 10.9 Å². The van der Waals surface area contributed by atoms with Crippen LogP contribution in [-0.4, -0.2) is 32.6 Å². The highest BCUT2D eigenvalue weighted by molar-refractivity contribution is 8.23. The average molecular weight is 299 g/mol. The summed E-state index contributed by atoms with van der Waals surface area (Å²) >= 11 is 3.76. The van der Waals surface area contributed by atoms with E-state index in [1.165, 1.54) is 29.9 Å². The Bertz CT molecular complexity index is 418. The number of allylic oxidation sites excluding steroid dienone is 1. The van der Waals surface area contributed by atoms with Gasteiger partial charge in [-0.1, -0.05) is 31.5 Å². The molecule has 1 saturated carbocycles. The van der Waals surface area contributed by atoms with Crippen molar-refractivity contribution in [1.29, 1.82) is 0 Å². The van der Waals surface area contributed by atoms with Gasteiger partial charge in [0.25, 0.3) is 0 Å². The molecule has 1 aliphatic carbocycles. The van der Waals surface area contributed by atoms with Gasteiger partial charge in [0, 0.05) is 10.9 Å². The number of fused-ring (bicyclic) bond motifs is 1. The zero-order valence-electron chi connectivity index (χ0n) is 11.5. The summed E-state index contributed by atoms with van der Waals surface area (Å²) in [7, 11) is 0. The molecule has 0 bridgehead atoms. The summed E-state index contributed by atoms with van der Waals surface area (Å²) in [5.74, 6) is -0.0713. The van der Waals surface area contributed by atoms with Crippen molar-refractivity contribution in [2.45, 2.75) is 62.7 Å². The van der Waals surface area contributed by atoms with Gasteiger partial charge in [-0.25, -0.2) is 0 Å². The van der Waals surface area contributed by atoms with Gasteiger partial charge in [-0.05, 0) is 26.2 Å². The number of hydrogen-bond acceptors (Lipinski definition) is 4. The first-order valence-electron chi connectivity index (χ1n) is 7.18. The molecule has 0 spiro atoms. The van der Waals surface area contributed by atoms with Gasteiger partial charge in [-0.2, -0.15) is 0 Å². The van der Waals surface area contributed by atoms with Gasteiger partial charge in [0.2, 0.25) is 5.91 Å². The molecule has 0 radical (unpaired) electrons. The molecule has 0 unspecified atom stereocenters. The molecule has 2 aliphatic heterocycles. The van der Waals surface area contributed by atoms with Gasteiger partial charge >= 0.3 is 0 Å². The summed E-state index contributed by atoms with van der Waals surface area (Å²) < 4.78 is 1.32. The van der Waals surface area contributed by atoms with Gasteiger partial charge in [0.05, 0.1) is 16.3 Å². The molecule has 3 nitrogen and oxygen atoms in total. The summed E-state index contributed by atoms with van der Waals surface area (Å²) in [6.45, 7) is 3.99. The summed E-state index contributed by atoms with van der Waals surface area (Å²) in [6.07, 6.45) is 5.48. The Kier molecular flexibility index (Phi) is 3.89. The largest absolute Gasteiger partial charge is 0.392 e. The van der Waals surface area contributed by atoms with Crippen LogP contribution in [0.2, 0.25) is 0 Å². The minimum absolute atomic E-state index is 0.117. The first kappa shape index (κ1) is 13.8. The smallest absolute Gasteiger partial charge is 0.236 e. The van der Waals surface area contributed by atoms with Crippen molar-refractivity contribution in [3.05, 3.63) is 9.93 Å². The van der Waals surface area contributed by atoms with Gasteiger partial charge in [-0.3, -0.25) is 4.79 Å². The maximum Gasteiger partial charge on any atom is 0.236 e. The molecule has 3 aliphatic rings. The molecule has 0 aromatic carbocycles. The minimum atomic E-state index is -0.482. The molecule has 1 N–H and O–H groups in total. The Balaban J connectivity index is 1.68. The number of carbonyl (C=O) groups excluding carboxylic acids is 1. The van der Waals surface area contributed by atoms with E-state index in [9.17, 15) is 9.90 Å². The summed E-state index contributed by atoms with van der Waals surface area (Å²) in [5, 5.41) is 10.9. The predicted octanol–water partition coefficient (Wildman–Crippen LogP) is 3.15. The molecule has 2 fully saturated rings. The topological polar surface area (TPSA) is 40.5 Å². The minimum Gasteiger partial charge on any atom is -0.392 e. The van der Waals surface area contributed by atoms with Crippen molar-refractivity contribution in [3.8, 4) is 0 Å². The second-order valence-corrected chi connectivity index (χ2v) is 8.31. The van der Waals surface area contributed by atoms with E-state index in [0.29, 0.717) is 6.42 Å². The van der Waals surface area contributed by atoms with Crippen LogP contribution in [0.5, 0.6) is 0 Å². The molecule has 2 heterocycles. The highest BCUT2D eigenvalue weighted by Crippen LogP contribution is 2.55. The number of β-lactam (4-membered cyclic amide) rings is 1. The Morgan fingerprint density at radius 3 is 2.79 bits per heavy atom. The lowest BCUT2D eigenvalue weighted by molar-refractivity contribution is -0.153. The third-order valence-corrected chi connectivity index (χ3v) is 7.52. The van der Waals surface area contributed by atoms with Crippen molar-refractivity contribution < 1.29 is 9.90 Å². The monoisotopic (exact) mass is 299 g/mol. The first-order chi connectivity index (χ1) is 9.13. The molecule has 106 valence electrons. The Hall–Kier alpha value is -0.130. The number of thioether (sulfide) groups is 2. The van der Waals surface area contributed by atoms with Crippen molar-refractivity contribution in [1.82, 2.24) is 4.90 Å². The van der Waals surface area contributed by atoms with Gasteiger partial charge in [0.1, 0.15) is 5.37 Å². The van der Waals surface area contributed by atoms with Crippen LogP contribution in [0.1, 0.15) is 46.0 Å². The third kappa shape index (κ3) is 2.24.